The second-order valence-corrected chi connectivity index (χ2v) is 10.1. The summed E-state index contributed by atoms with van der Waals surface area (Å²) in [6.07, 6.45) is 0. The Morgan fingerprint density at radius 2 is 1.30 bits per heavy atom. The highest BCUT2D eigenvalue weighted by Gasteiger charge is 2.45. The molecule has 4 N–H and O–H groups in total. The first kappa shape index (κ1) is 24.3. The van der Waals surface area contributed by atoms with E-state index in [9.17, 15) is 9.59 Å². The van der Waals surface area contributed by atoms with Crippen molar-refractivity contribution in [2.75, 3.05) is 13.1 Å². The normalized spacial score (nSPS) is 22.4. The molecule has 1 fully saturated rings. The van der Waals surface area contributed by atoms with E-state index in [1.165, 1.54) is 0 Å². The third-order valence-electron chi connectivity index (χ3n) is 5.02. The van der Waals surface area contributed by atoms with Crippen LogP contribution in [-0.2, 0) is 25.6 Å². The van der Waals surface area contributed by atoms with Gasteiger partial charge in [-0.2, -0.15) is 0 Å². The molecule has 0 aliphatic carbocycles. The maximum atomic E-state index is 12.7. The molecule has 1 aromatic rings. The molecular weight excluding hydrogens is 382 g/mol. The minimum Gasteiger partial charge on any atom is -0.459 e. The van der Waals surface area contributed by atoms with Crippen molar-refractivity contribution in [3.63, 3.8) is 0 Å². The highest BCUT2D eigenvalue weighted by Crippen LogP contribution is 2.31. The van der Waals surface area contributed by atoms with Gasteiger partial charge in [0.1, 0.15) is 23.3 Å². The largest absolute Gasteiger partial charge is 0.459 e. The second-order valence-electron chi connectivity index (χ2n) is 10.1. The molecular formula is C23H37N3O4. The predicted molar refractivity (Wildman–Crippen MR) is 116 cm³/mol. The maximum Gasteiger partial charge on any atom is 0.323 e. The van der Waals surface area contributed by atoms with Gasteiger partial charge in [-0.05, 0) is 47.1 Å². The predicted octanol–water partition coefficient (Wildman–Crippen LogP) is 2.07. The molecule has 0 radical (unpaired) electrons. The lowest BCUT2D eigenvalue weighted by molar-refractivity contribution is -0.161. The van der Waals surface area contributed by atoms with Gasteiger partial charge in [0.2, 0.25) is 0 Å². The number of esters is 2. The molecule has 7 heteroatoms. The Labute approximate surface area is 180 Å². The van der Waals surface area contributed by atoms with Gasteiger partial charge in [-0.1, -0.05) is 30.3 Å². The van der Waals surface area contributed by atoms with E-state index < -0.39 is 35.2 Å². The van der Waals surface area contributed by atoms with Crippen LogP contribution in [0.2, 0.25) is 0 Å². The molecule has 2 rings (SSSR count). The number of rotatable bonds is 6. The minimum absolute atomic E-state index is 0.314. The Bertz CT molecular complexity index is 682. The number of hydrogen-bond donors (Lipinski definition) is 2. The maximum absolute atomic E-state index is 12.7. The van der Waals surface area contributed by atoms with E-state index in [2.05, 4.69) is 4.90 Å². The molecule has 1 heterocycles. The van der Waals surface area contributed by atoms with Crippen LogP contribution in [0, 0.1) is 11.8 Å². The van der Waals surface area contributed by atoms with Crippen molar-refractivity contribution < 1.29 is 19.1 Å². The zero-order valence-electron chi connectivity index (χ0n) is 19.1. The SMILES string of the molecule is CC(C)(C)OC(=O)C(N)[C@@H]1CN(Cc2ccccc2)C[C@H]1C(N)C(=O)OC(C)(C)C. The minimum atomic E-state index is -0.872. The summed E-state index contributed by atoms with van der Waals surface area (Å²) in [4.78, 5) is 27.5. The fourth-order valence-corrected chi connectivity index (χ4v) is 3.76. The summed E-state index contributed by atoms with van der Waals surface area (Å²) in [6.45, 7) is 12.6. The van der Waals surface area contributed by atoms with Crippen molar-refractivity contribution in [1.82, 2.24) is 4.90 Å². The van der Waals surface area contributed by atoms with Crippen LogP contribution < -0.4 is 11.5 Å². The summed E-state index contributed by atoms with van der Waals surface area (Å²) in [5, 5.41) is 0. The molecule has 2 unspecified atom stereocenters. The summed E-state index contributed by atoms with van der Waals surface area (Å²) in [5.41, 5.74) is 12.5. The number of ether oxygens (including phenoxy) is 2. The number of nitrogens with two attached hydrogens (primary N) is 2. The number of carbonyl (C=O) groups excluding carboxylic acids is 2. The third-order valence-corrected chi connectivity index (χ3v) is 5.02. The topological polar surface area (TPSA) is 108 Å². The quantitative estimate of drug-likeness (QED) is 0.680. The molecule has 0 saturated carbocycles. The lowest BCUT2D eigenvalue weighted by Gasteiger charge is -2.30. The number of benzene rings is 1. The highest BCUT2D eigenvalue weighted by molar-refractivity contribution is 5.78. The highest BCUT2D eigenvalue weighted by atomic mass is 16.6. The number of nitrogens with zero attached hydrogens (tertiary/aromatic N) is 1. The summed E-state index contributed by atoms with van der Waals surface area (Å²) in [6, 6.07) is 8.29. The molecule has 1 saturated heterocycles. The third kappa shape index (κ3) is 7.07. The lowest BCUT2D eigenvalue weighted by atomic mass is 9.84. The van der Waals surface area contributed by atoms with Gasteiger partial charge < -0.3 is 20.9 Å². The van der Waals surface area contributed by atoms with Gasteiger partial charge in [0.15, 0.2) is 0 Å². The van der Waals surface area contributed by atoms with Gasteiger partial charge in [0.05, 0.1) is 0 Å². The Balaban J connectivity index is 2.20. The summed E-state index contributed by atoms with van der Waals surface area (Å²) >= 11 is 0. The average molecular weight is 420 g/mol. The van der Waals surface area contributed by atoms with Crippen molar-refractivity contribution in [1.29, 1.82) is 0 Å². The number of likely N-dealkylation sites (tertiary alicyclic amines) is 1. The molecule has 0 amide bonds. The first-order valence-electron chi connectivity index (χ1n) is 10.5. The fourth-order valence-electron chi connectivity index (χ4n) is 3.76. The van der Waals surface area contributed by atoms with Crippen LogP contribution in [-0.4, -0.2) is 53.2 Å². The molecule has 1 aliphatic rings. The van der Waals surface area contributed by atoms with E-state index in [1.807, 2.05) is 30.3 Å². The zero-order chi connectivity index (χ0) is 22.7. The summed E-state index contributed by atoms with van der Waals surface area (Å²) < 4.78 is 11.0. The molecule has 1 aromatic carbocycles. The molecule has 7 nitrogen and oxygen atoms in total. The van der Waals surface area contributed by atoms with Crippen LogP contribution in [0.5, 0.6) is 0 Å². The van der Waals surface area contributed by atoms with Crippen LogP contribution in [0.15, 0.2) is 30.3 Å². The molecule has 0 aromatic heterocycles. The smallest absolute Gasteiger partial charge is 0.323 e. The van der Waals surface area contributed by atoms with E-state index in [4.69, 9.17) is 20.9 Å². The average Bonchev–Trinajstić information content (AvgIpc) is 3.01. The monoisotopic (exact) mass is 419 g/mol. The molecule has 4 atom stereocenters. The lowest BCUT2D eigenvalue weighted by Crippen LogP contribution is -2.51. The van der Waals surface area contributed by atoms with Gasteiger partial charge >= 0.3 is 11.9 Å². The van der Waals surface area contributed by atoms with Gasteiger partial charge in [-0.3, -0.25) is 14.5 Å². The van der Waals surface area contributed by atoms with E-state index in [0.29, 0.717) is 19.6 Å². The van der Waals surface area contributed by atoms with Crippen LogP contribution in [0.1, 0.15) is 47.1 Å². The van der Waals surface area contributed by atoms with E-state index in [-0.39, 0.29) is 11.8 Å². The Morgan fingerprint density at radius 1 is 0.900 bits per heavy atom. The first-order chi connectivity index (χ1) is 13.8. The van der Waals surface area contributed by atoms with Crippen LogP contribution in [0.4, 0.5) is 0 Å². The molecule has 30 heavy (non-hydrogen) atoms. The standard InChI is InChI=1S/C23H37N3O4/c1-22(2,3)29-20(27)18(24)16-13-26(12-15-10-8-7-9-11-15)14-17(16)19(25)21(28)30-23(4,5)6/h7-11,16-19H,12-14,24-25H2,1-6H3/t16-,17-,18?,19?/m1/s1. The van der Waals surface area contributed by atoms with E-state index >= 15 is 0 Å². The van der Waals surface area contributed by atoms with E-state index in [1.54, 1.807) is 41.5 Å². The molecule has 0 bridgehead atoms. The van der Waals surface area contributed by atoms with Crippen molar-refractivity contribution in [3.05, 3.63) is 35.9 Å². The summed E-state index contributed by atoms with van der Waals surface area (Å²) in [7, 11) is 0. The first-order valence-corrected chi connectivity index (χ1v) is 10.5. The Kier molecular flexibility index (Phi) is 7.66. The van der Waals surface area contributed by atoms with Crippen LogP contribution in [0.3, 0.4) is 0 Å². The Morgan fingerprint density at radius 3 is 1.67 bits per heavy atom. The Hall–Kier alpha value is -1.96. The molecule has 1 aliphatic heterocycles. The van der Waals surface area contributed by atoms with Crippen LogP contribution >= 0.6 is 0 Å². The van der Waals surface area contributed by atoms with Crippen molar-refractivity contribution in [2.45, 2.75) is 71.4 Å². The van der Waals surface area contributed by atoms with Gasteiger partial charge in [-0.25, -0.2) is 0 Å². The van der Waals surface area contributed by atoms with Crippen LogP contribution in [0.25, 0.3) is 0 Å². The zero-order valence-corrected chi connectivity index (χ0v) is 19.1. The van der Waals surface area contributed by atoms with E-state index in [0.717, 1.165) is 5.56 Å². The number of carbonyl (C=O) groups is 2. The molecule has 168 valence electrons. The summed E-state index contributed by atoms with van der Waals surface area (Å²) in [5.74, 6) is -1.58. The van der Waals surface area contributed by atoms with Gasteiger partial charge in [0.25, 0.3) is 0 Å². The second kappa shape index (κ2) is 9.45. The van der Waals surface area contributed by atoms with Crippen molar-refractivity contribution >= 4 is 11.9 Å². The van der Waals surface area contributed by atoms with Crippen molar-refractivity contribution in [3.8, 4) is 0 Å². The van der Waals surface area contributed by atoms with Crippen molar-refractivity contribution in [2.24, 2.45) is 23.3 Å². The van der Waals surface area contributed by atoms with Gasteiger partial charge in [0, 0.05) is 31.5 Å². The fraction of sp³-hybridized carbons (Fsp3) is 0.652. The number of hydrogen-bond acceptors (Lipinski definition) is 7. The van der Waals surface area contributed by atoms with Gasteiger partial charge in [-0.15, -0.1) is 0 Å². The molecule has 0 spiro atoms.